The molecule has 2 aromatic heterocycles. The molecule has 2 aliphatic heterocycles. The lowest BCUT2D eigenvalue weighted by atomic mass is 10.0. The van der Waals surface area contributed by atoms with E-state index in [1.54, 1.807) is 18.2 Å². The number of fused-ring (bicyclic) bond motifs is 4. The standard InChI is InChI=1S/C32H31ClFN5O3/c1-19-31-36-30-21(14-20-6-8-23(33)16-25(20)34)4-3-5-27(30)38(31)12-11-37(19)18-29-35-26-9-7-22(32(40)41-2)15-28(26)39(29)17-24-10-13-42-24/h3-9,15-16,19,24H,10-14,17-18H2,1-2H3/t19-,24+/m1/s1. The highest BCUT2D eigenvalue weighted by atomic mass is 35.5. The number of carbonyl (C=O) groups excluding carboxylic acids is 1. The predicted molar refractivity (Wildman–Crippen MR) is 158 cm³/mol. The van der Waals surface area contributed by atoms with Crippen LogP contribution in [0.3, 0.4) is 0 Å². The highest BCUT2D eigenvalue weighted by Crippen LogP contribution is 2.33. The summed E-state index contributed by atoms with van der Waals surface area (Å²) in [5.41, 5.74) is 5.79. The van der Waals surface area contributed by atoms with Crippen molar-refractivity contribution in [3.8, 4) is 0 Å². The van der Waals surface area contributed by atoms with Crippen molar-refractivity contribution >= 4 is 39.6 Å². The van der Waals surface area contributed by atoms with Crippen molar-refractivity contribution in [1.82, 2.24) is 24.0 Å². The summed E-state index contributed by atoms with van der Waals surface area (Å²) in [4.78, 5) is 24.8. The van der Waals surface area contributed by atoms with Gasteiger partial charge in [0.05, 0.1) is 60.0 Å². The summed E-state index contributed by atoms with van der Waals surface area (Å²) in [5, 5.41) is 0.387. The Labute approximate surface area is 247 Å². The maximum atomic E-state index is 14.6. The number of nitrogens with zero attached hydrogens (tertiary/aromatic N) is 5. The van der Waals surface area contributed by atoms with Gasteiger partial charge in [-0.3, -0.25) is 4.90 Å². The van der Waals surface area contributed by atoms with Gasteiger partial charge in [-0.1, -0.05) is 29.8 Å². The van der Waals surface area contributed by atoms with Crippen molar-refractivity contribution in [2.45, 2.75) is 51.5 Å². The minimum atomic E-state index is -0.368. The highest BCUT2D eigenvalue weighted by Gasteiger charge is 2.30. The molecule has 2 atom stereocenters. The summed E-state index contributed by atoms with van der Waals surface area (Å²) in [6.45, 7) is 5.86. The van der Waals surface area contributed by atoms with Crippen molar-refractivity contribution in [2.24, 2.45) is 0 Å². The van der Waals surface area contributed by atoms with Crippen LogP contribution in [-0.4, -0.2) is 56.3 Å². The van der Waals surface area contributed by atoms with E-state index in [0.717, 1.165) is 65.4 Å². The number of hydrogen-bond acceptors (Lipinski definition) is 6. The molecule has 2 aliphatic rings. The lowest BCUT2D eigenvalue weighted by Gasteiger charge is -2.34. The fourth-order valence-corrected chi connectivity index (χ4v) is 6.31. The zero-order valence-electron chi connectivity index (χ0n) is 23.5. The number of esters is 1. The summed E-state index contributed by atoms with van der Waals surface area (Å²) >= 11 is 5.97. The topological polar surface area (TPSA) is 74.4 Å². The summed E-state index contributed by atoms with van der Waals surface area (Å²) in [6, 6.07) is 16.5. The fourth-order valence-electron chi connectivity index (χ4n) is 6.15. The molecule has 5 aromatic rings. The minimum Gasteiger partial charge on any atom is -0.465 e. The second-order valence-electron chi connectivity index (χ2n) is 11.1. The molecule has 4 heterocycles. The van der Waals surface area contributed by atoms with Crippen LogP contribution in [0.15, 0.2) is 54.6 Å². The van der Waals surface area contributed by atoms with Gasteiger partial charge in [0.2, 0.25) is 0 Å². The van der Waals surface area contributed by atoms with Crippen LogP contribution in [0.1, 0.15) is 52.5 Å². The van der Waals surface area contributed by atoms with Crippen LogP contribution in [0.2, 0.25) is 5.02 Å². The maximum Gasteiger partial charge on any atom is 0.337 e. The van der Waals surface area contributed by atoms with Crippen LogP contribution in [0, 0.1) is 5.82 Å². The third kappa shape index (κ3) is 4.75. The van der Waals surface area contributed by atoms with E-state index in [0.29, 0.717) is 35.7 Å². The maximum absolute atomic E-state index is 14.6. The first kappa shape index (κ1) is 27.1. The Morgan fingerprint density at radius 2 is 1.95 bits per heavy atom. The number of methoxy groups -OCH3 is 1. The van der Waals surface area contributed by atoms with Gasteiger partial charge >= 0.3 is 5.97 Å². The number of imidazole rings is 2. The lowest BCUT2D eigenvalue weighted by molar-refractivity contribution is -0.0592. The summed E-state index contributed by atoms with van der Waals surface area (Å²) < 4.78 is 29.8. The second-order valence-corrected chi connectivity index (χ2v) is 11.5. The summed E-state index contributed by atoms with van der Waals surface area (Å²) in [7, 11) is 1.39. The highest BCUT2D eigenvalue weighted by molar-refractivity contribution is 6.30. The molecule has 0 N–H and O–H groups in total. The van der Waals surface area contributed by atoms with Gasteiger partial charge in [-0.15, -0.1) is 0 Å². The number of rotatable bonds is 7. The number of halogens is 2. The molecule has 1 fully saturated rings. The Kier molecular flexibility index (Phi) is 6.96. The molecule has 42 heavy (non-hydrogen) atoms. The van der Waals surface area contributed by atoms with Crippen LogP contribution in [0.5, 0.6) is 0 Å². The molecule has 0 aliphatic carbocycles. The van der Waals surface area contributed by atoms with Gasteiger partial charge in [-0.25, -0.2) is 19.2 Å². The lowest BCUT2D eigenvalue weighted by Crippen LogP contribution is -2.38. The van der Waals surface area contributed by atoms with Crippen LogP contribution in [0.4, 0.5) is 4.39 Å². The molecule has 8 nitrogen and oxygen atoms in total. The van der Waals surface area contributed by atoms with E-state index in [4.69, 9.17) is 31.0 Å². The molecule has 3 aromatic carbocycles. The van der Waals surface area contributed by atoms with Crippen molar-refractivity contribution < 1.29 is 18.7 Å². The number of carbonyl (C=O) groups is 1. The molecule has 0 radical (unpaired) electrons. The Balaban J connectivity index is 1.20. The minimum absolute atomic E-state index is 0.0325. The smallest absolute Gasteiger partial charge is 0.337 e. The Morgan fingerprint density at radius 3 is 2.71 bits per heavy atom. The van der Waals surface area contributed by atoms with E-state index < -0.39 is 0 Å². The van der Waals surface area contributed by atoms with Gasteiger partial charge in [0.25, 0.3) is 0 Å². The summed E-state index contributed by atoms with van der Waals surface area (Å²) in [6.07, 6.45) is 1.58. The van der Waals surface area contributed by atoms with E-state index in [1.165, 1.54) is 13.2 Å². The molecular weight excluding hydrogens is 557 g/mol. The SMILES string of the molecule is COC(=O)c1ccc2nc(CN3CCn4c(nc5c(Cc6ccc(Cl)cc6F)cccc54)[C@H]3C)n(C[C@@H]3CCO3)c2c1. The van der Waals surface area contributed by atoms with Crippen LogP contribution < -0.4 is 0 Å². The van der Waals surface area contributed by atoms with E-state index in [9.17, 15) is 9.18 Å². The van der Waals surface area contributed by atoms with E-state index in [2.05, 4.69) is 27.0 Å². The van der Waals surface area contributed by atoms with Gasteiger partial charge < -0.3 is 18.6 Å². The zero-order chi connectivity index (χ0) is 29.0. The number of aromatic nitrogens is 4. The van der Waals surface area contributed by atoms with Gasteiger partial charge in [0.1, 0.15) is 17.5 Å². The normalized spacial score (nSPS) is 18.8. The van der Waals surface area contributed by atoms with Crippen molar-refractivity contribution in [1.29, 1.82) is 0 Å². The number of para-hydroxylation sites is 1. The van der Waals surface area contributed by atoms with Crippen molar-refractivity contribution in [3.05, 3.63) is 93.8 Å². The molecule has 0 saturated carbocycles. The van der Waals surface area contributed by atoms with E-state index in [-0.39, 0.29) is 23.9 Å². The van der Waals surface area contributed by atoms with Gasteiger partial charge in [-0.2, -0.15) is 0 Å². The second kappa shape index (κ2) is 10.8. The van der Waals surface area contributed by atoms with E-state index in [1.807, 2.05) is 24.3 Å². The molecule has 216 valence electrons. The Bertz CT molecular complexity index is 1830. The van der Waals surface area contributed by atoms with Crippen LogP contribution in [-0.2, 0) is 35.5 Å². The molecule has 7 rings (SSSR count). The molecule has 1 saturated heterocycles. The average molecular weight is 588 g/mol. The first-order valence-electron chi connectivity index (χ1n) is 14.2. The summed E-state index contributed by atoms with van der Waals surface area (Å²) in [5.74, 6) is 1.24. The first-order valence-corrected chi connectivity index (χ1v) is 14.6. The third-order valence-electron chi connectivity index (χ3n) is 8.59. The zero-order valence-corrected chi connectivity index (χ0v) is 24.3. The number of benzene rings is 3. The molecular formula is C32H31ClFN5O3. The quantitative estimate of drug-likeness (QED) is 0.220. The molecule has 0 spiro atoms. The van der Waals surface area contributed by atoms with Crippen LogP contribution >= 0.6 is 11.6 Å². The fraction of sp³-hybridized carbons (Fsp3) is 0.344. The molecule has 10 heteroatoms. The van der Waals surface area contributed by atoms with Gasteiger partial charge in [0, 0.05) is 31.1 Å². The van der Waals surface area contributed by atoms with Gasteiger partial charge in [-0.05, 0) is 60.9 Å². The predicted octanol–water partition coefficient (Wildman–Crippen LogP) is 5.92. The third-order valence-corrected chi connectivity index (χ3v) is 8.83. The van der Waals surface area contributed by atoms with Crippen molar-refractivity contribution in [2.75, 3.05) is 20.3 Å². The van der Waals surface area contributed by atoms with Crippen LogP contribution in [0.25, 0.3) is 22.1 Å². The Hall–Kier alpha value is -3.79. The largest absolute Gasteiger partial charge is 0.465 e. The van der Waals surface area contributed by atoms with Crippen molar-refractivity contribution in [3.63, 3.8) is 0 Å². The Morgan fingerprint density at radius 1 is 1.10 bits per heavy atom. The van der Waals surface area contributed by atoms with E-state index >= 15 is 0 Å². The average Bonchev–Trinajstić information content (AvgIpc) is 3.51. The molecule has 0 unspecified atom stereocenters. The van der Waals surface area contributed by atoms with Gasteiger partial charge in [0.15, 0.2) is 0 Å². The first-order chi connectivity index (χ1) is 20.4. The number of ether oxygens (including phenoxy) is 2. The number of hydrogen-bond donors (Lipinski definition) is 0. The molecule has 0 bridgehead atoms. The monoisotopic (exact) mass is 587 g/mol. The molecule has 0 amide bonds.